The smallest absolute Gasteiger partial charge is 0.251 e. The van der Waals surface area contributed by atoms with Crippen LogP contribution in [0.15, 0.2) is 24.4 Å². The Bertz CT molecular complexity index is 593. The summed E-state index contributed by atoms with van der Waals surface area (Å²) in [6.45, 7) is 3.52. The zero-order valence-electron chi connectivity index (χ0n) is 10.8. The third-order valence-corrected chi connectivity index (χ3v) is 3.76. The maximum atomic E-state index is 12.1. The third-order valence-electron chi connectivity index (χ3n) is 3.76. The highest BCUT2D eigenvalue weighted by Crippen LogP contribution is 2.19. The number of aromatic nitrogens is 2. The quantitative estimate of drug-likeness (QED) is 0.882. The van der Waals surface area contributed by atoms with E-state index >= 15 is 0 Å². The van der Waals surface area contributed by atoms with Gasteiger partial charge in [-0.2, -0.15) is 5.10 Å². The molecule has 0 spiro atoms. The number of hydrogen-bond acceptors (Lipinski definition) is 3. The van der Waals surface area contributed by atoms with Crippen LogP contribution in [0.2, 0.25) is 0 Å². The molecule has 19 heavy (non-hydrogen) atoms. The van der Waals surface area contributed by atoms with E-state index in [-0.39, 0.29) is 12.0 Å². The summed E-state index contributed by atoms with van der Waals surface area (Å²) in [6, 6.07) is 5.54. The molecule has 2 heterocycles. The number of hydrogen-bond donors (Lipinski definition) is 2. The van der Waals surface area contributed by atoms with Crippen LogP contribution in [0.25, 0.3) is 10.9 Å². The Morgan fingerprint density at radius 3 is 3.26 bits per heavy atom. The molecule has 1 aliphatic heterocycles. The minimum Gasteiger partial charge on any atom is -0.378 e. The van der Waals surface area contributed by atoms with E-state index in [1.54, 1.807) is 6.20 Å². The van der Waals surface area contributed by atoms with Crippen LogP contribution in [0.1, 0.15) is 23.7 Å². The highest BCUT2D eigenvalue weighted by Gasteiger charge is 2.24. The minimum absolute atomic E-state index is 0.0457. The SMILES string of the molecule is CC1OCCC1CNC(=O)c1ccc2cn[nH]c2c1. The first kappa shape index (κ1) is 12.2. The van der Waals surface area contributed by atoms with Crippen LogP contribution in [0.5, 0.6) is 0 Å². The number of fused-ring (bicyclic) bond motifs is 1. The maximum Gasteiger partial charge on any atom is 0.251 e. The average molecular weight is 259 g/mol. The molecule has 2 atom stereocenters. The zero-order valence-corrected chi connectivity index (χ0v) is 10.8. The predicted molar refractivity (Wildman–Crippen MR) is 71.9 cm³/mol. The average Bonchev–Trinajstić information content (AvgIpc) is 3.03. The van der Waals surface area contributed by atoms with Gasteiger partial charge in [-0.1, -0.05) is 6.07 Å². The van der Waals surface area contributed by atoms with Crippen molar-refractivity contribution in [3.8, 4) is 0 Å². The van der Waals surface area contributed by atoms with Crippen LogP contribution in [-0.4, -0.2) is 35.4 Å². The molecule has 1 fully saturated rings. The normalized spacial score (nSPS) is 22.8. The van der Waals surface area contributed by atoms with Gasteiger partial charge in [0.15, 0.2) is 0 Å². The first-order chi connectivity index (χ1) is 9.24. The van der Waals surface area contributed by atoms with Crippen molar-refractivity contribution in [2.75, 3.05) is 13.2 Å². The van der Waals surface area contributed by atoms with E-state index in [4.69, 9.17) is 4.74 Å². The van der Waals surface area contributed by atoms with Gasteiger partial charge in [-0.05, 0) is 25.5 Å². The molecule has 0 radical (unpaired) electrons. The van der Waals surface area contributed by atoms with Gasteiger partial charge in [0.05, 0.1) is 17.8 Å². The minimum atomic E-state index is -0.0457. The van der Waals surface area contributed by atoms with E-state index in [1.807, 2.05) is 18.2 Å². The van der Waals surface area contributed by atoms with Crippen molar-refractivity contribution < 1.29 is 9.53 Å². The first-order valence-electron chi connectivity index (χ1n) is 6.57. The van der Waals surface area contributed by atoms with Crippen LogP contribution in [-0.2, 0) is 4.74 Å². The number of benzene rings is 1. The summed E-state index contributed by atoms with van der Waals surface area (Å²) in [5.74, 6) is 0.371. The fourth-order valence-corrected chi connectivity index (χ4v) is 2.45. The number of nitrogens with one attached hydrogen (secondary N) is 2. The summed E-state index contributed by atoms with van der Waals surface area (Å²) >= 11 is 0. The second-order valence-corrected chi connectivity index (χ2v) is 5.01. The highest BCUT2D eigenvalue weighted by atomic mass is 16.5. The molecule has 0 saturated carbocycles. The summed E-state index contributed by atoms with van der Waals surface area (Å²) in [4.78, 5) is 12.1. The number of carbonyl (C=O) groups excluding carboxylic acids is 1. The molecule has 1 amide bonds. The molecule has 3 rings (SSSR count). The molecule has 5 nitrogen and oxygen atoms in total. The summed E-state index contributed by atoms with van der Waals surface area (Å²) in [5.41, 5.74) is 1.54. The summed E-state index contributed by atoms with van der Waals surface area (Å²) in [6.07, 6.45) is 2.99. The molecule has 2 N–H and O–H groups in total. The number of aromatic amines is 1. The fourth-order valence-electron chi connectivity index (χ4n) is 2.45. The fraction of sp³-hybridized carbons (Fsp3) is 0.429. The molecule has 2 unspecified atom stereocenters. The van der Waals surface area contributed by atoms with Gasteiger partial charge in [0.25, 0.3) is 5.91 Å². The lowest BCUT2D eigenvalue weighted by Gasteiger charge is -2.14. The summed E-state index contributed by atoms with van der Waals surface area (Å²) in [5, 5.41) is 10.8. The van der Waals surface area contributed by atoms with Gasteiger partial charge in [-0.25, -0.2) is 0 Å². The summed E-state index contributed by atoms with van der Waals surface area (Å²) in [7, 11) is 0. The molecule has 0 aliphatic carbocycles. The van der Waals surface area contributed by atoms with E-state index in [0.29, 0.717) is 18.0 Å². The molecule has 100 valence electrons. The number of H-pyrrole nitrogens is 1. The van der Waals surface area contributed by atoms with Crippen molar-refractivity contribution in [1.82, 2.24) is 15.5 Å². The maximum absolute atomic E-state index is 12.1. The molecule has 1 aromatic heterocycles. The second-order valence-electron chi connectivity index (χ2n) is 5.01. The number of amides is 1. The Hall–Kier alpha value is -1.88. The molecule has 5 heteroatoms. The lowest BCUT2D eigenvalue weighted by atomic mass is 10.0. The second kappa shape index (κ2) is 5.01. The molecule has 1 aliphatic rings. The van der Waals surface area contributed by atoms with Crippen molar-refractivity contribution in [3.63, 3.8) is 0 Å². The molecular weight excluding hydrogens is 242 g/mol. The third kappa shape index (κ3) is 2.46. The zero-order chi connectivity index (χ0) is 13.2. The van der Waals surface area contributed by atoms with E-state index < -0.39 is 0 Å². The van der Waals surface area contributed by atoms with Gasteiger partial charge >= 0.3 is 0 Å². The summed E-state index contributed by atoms with van der Waals surface area (Å²) < 4.78 is 5.49. The van der Waals surface area contributed by atoms with Gasteiger partial charge < -0.3 is 10.1 Å². The van der Waals surface area contributed by atoms with Crippen molar-refractivity contribution in [3.05, 3.63) is 30.0 Å². The molecule has 0 bridgehead atoms. The van der Waals surface area contributed by atoms with Gasteiger partial charge in [-0.3, -0.25) is 9.89 Å². The Kier molecular flexibility index (Phi) is 3.21. The Balaban J connectivity index is 1.66. The van der Waals surface area contributed by atoms with Crippen molar-refractivity contribution in [2.24, 2.45) is 5.92 Å². The number of rotatable bonds is 3. The molecule has 1 aromatic carbocycles. The van der Waals surface area contributed by atoms with Gasteiger partial charge in [0, 0.05) is 30.0 Å². The van der Waals surface area contributed by atoms with E-state index in [2.05, 4.69) is 22.4 Å². The van der Waals surface area contributed by atoms with E-state index in [1.165, 1.54) is 0 Å². The van der Waals surface area contributed by atoms with Crippen LogP contribution in [0.4, 0.5) is 0 Å². The van der Waals surface area contributed by atoms with Crippen molar-refractivity contribution in [2.45, 2.75) is 19.4 Å². The largest absolute Gasteiger partial charge is 0.378 e. The highest BCUT2D eigenvalue weighted by molar-refractivity contribution is 5.97. The molecule has 2 aromatic rings. The van der Waals surface area contributed by atoms with E-state index in [9.17, 15) is 4.79 Å². The van der Waals surface area contributed by atoms with E-state index in [0.717, 1.165) is 23.9 Å². The Labute approximate surface area is 111 Å². The van der Waals surface area contributed by atoms with Gasteiger partial charge in [0.2, 0.25) is 0 Å². The molecular formula is C14H17N3O2. The van der Waals surface area contributed by atoms with Crippen molar-refractivity contribution >= 4 is 16.8 Å². The van der Waals surface area contributed by atoms with Crippen LogP contribution < -0.4 is 5.32 Å². The standard InChI is InChI=1S/C14H17N3O2/c1-9-11(4-5-19-9)7-15-14(18)10-2-3-12-8-16-17-13(12)6-10/h2-3,6,8-9,11H,4-5,7H2,1H3,(H,15,18)(H,16,17). The van der Waals surface area contributed by atoms with Gasteiger partial charge in [-0.15, -0.1) is 0 Å². The van der Waals surface area contributed by atoms with Crippen LogP contribution in [0, 0.1) is 5.92 Å². The Morgan fingerprint density at radius 2 is 2.47 bits per heavy atom. The van der Waals surface area contributed by atoms with Gasteiger partial charge in [0.1, 0.15) is 0 Å². The number of ether oxygens (including phenoxy) is 1. The van der Waals surface area contributed by atoms with Crippen LogP contribution >= 0.6 is 0 Å². The first-order valence-corrected chi connectivity index (χ1v) is 6.57. The topological polar surface area (TPSA) is 67.0 Å². The predicted octanol–water partition coefficient (Wildman–Crippen LogP) is 1.72. The van der Waals surface area contributed by atoms with Crippen LogP contribution in [0.3, 0.4) is 0 Å². The lowest BCUT2D eigenvalue weighted by Crippen LogP contribution is -2.31. The molecule has 1 saturated heterocycles. The monoisotopic (exact) mass is 259 g/mol. The number of nitrogens with zero attached hydrogens (tertiary/aromatic N) is 1. The number of carbonyl (C=O) groups is 1. The Morgan fingerprint density at radius 1 is 1.58 bits per heavy atom. The lowest BCUT2D eigenvalue weighted by molar-refractivity contribution is 0.0907. The van der Waals surface area contributed by atoms with Crippen molar-refractivity contribution in [1.29, 1.82) is 0 Å².